The predicted molar refractivity (Wildman–Crippen MR) is 147 cm³/mol. The highest BCUT2D eigenvalue weighted by Gasteiger charge is 2.61. The average Bonchev–Trinajstić information content (AvgIpc) is 3.52. The number of fused-ring (bicyclic) bond motifs is 4. The van der Waals surface area contributed by atoms with Crippen LogP contribution in [0.15, 0.2) is 54.0 Å². The number of pyridine rings is 1. The van der Waals surface area contributed by atoms with E-state index in [4.69, 9.17) is 4.74 Å². The lowest BCUT2D eigenvalue weighted by molar-refractivity contribution is -0.277. The Morgan fingerprint density at radius 3 is 2.73 bits per heavy atom. The van der Waals surface area contributed by atoms with Crippen molar-refractivity contribution in [3.63, 3.8) is 0 Å². The molecule has 12 heteroatoms. The number of hydrogen-bond acceptors (Lipinski definition) is 7. The van der Waals surface area contributed by atoms with Gasteiger partial charge in [0.25, 0.3) is 5.56 Å². The molecule has 1 aliphatic heterocycles. The van der Waals surface area contributed by atoms with Crippen LogP contribution in [0, 0.1) is 0 Å². The van der Waals surface area contributed by atoms with E-state index >= 15 is 0 Å². The van der Waals surface area contributed by atoms with E-state index in [1.54, 1.807) is 12.1 Å². The summed E-state index contributed by atoms with van der Waals surface area (Å²) in [5.74, 6) is 0.360. The Hall–Kier alpha value is -4.03. The number of allylic oxidation sites excluding steroid dienone is 1. The second kappa shape index (κ2) is 8.98. The zero-order chi connectivity index (χ0) is 28.6. The summed E-state index contributed by atoms with van der Waals surface area (Å²) in [4.78, 5) is 26.8. The van der Waals surface area contributed by atoms with Crippen molar-refractivity contribution in [1.82, 2.24) is 29.6 Å². The lowest BCUT2D eigenvalue weighted by Gasteiger charge is -2.30. The van der Waals surface area contributed by atoms with Gasteiger partial charge < -0.3 is 15.4 Å². The van der Waals surface area contributed by atoms with Gasteiger partial charge in [0.05, 0.1) is 12.2 Å². The van der Waals surface area contributed by atoms with E-state index < -0.39 is 17.3 Å². The van der Waals surface area contributed by atoms with E-state index in [2.05, 4.69) is 44.3 Å². The molecule has 1 fully saturated rings. The number of hydrogen-bond donors (Lipinski definition) is 2. The fourth-order valence-corrected chi connectivity index (χ4v) is 6.37. The number of anilines is 2. The van der Waals surface area contributed by atoms with Crippen molar-refractivity contribution in [2.24, 2.45) is 0 Å². The van der Waals surface area contributed by atoms with Crippen molar-refractivity contribution in [3.8, 4) is 5.82 Å². The highest BCUT2D eigenvalue weighted by Crippen LogP contribution is 2.51. The third-order valence-corrected chi connectivity index (χ3v) is 8.66. The van der Waals surface area contributed by atoms with Crippen molar-refractivity contribution in [1.29, 1.82) is 0 Å². The maximum atomic E-state index is 14.2. The number of aryl methyl sites for hydroxylation is 1. The Morgan fingerprint density at radius 1 is 1.17 bits per heavy atom. The SMILES string of the molecule is C=CCn1c(=O)c2cnc(Nc3ccc4c(c3)CNCC43CC3)nc2n1-c1ccc2c(n1)[C@@](OC)(C(F)(F)F)CC2. The van der Waals surface area contributed by atoms with E-state index in [-0.39, 0.29) is 53.3 Å². The van der Waals surface area contributed by atoms with Crippen LogP contribution in [0.3, 0.4) is 0 Å². The molecule has 0 unspecified atom stereocenters. The number of nitrogens with zero attached hydrogens (tertiary/aromatic N) is 5. The lowest BCUT2D eigenvalue weighted by Crippen LogP contribution is -2.43. The van der Waals surface area contributed by atoms with Gasteiger partial charge in [0.1, 0.15) is 5.39 Å². The predicted octanol–water partition coefficient (Wildman–Crippen LogP) is 4.39. The zero-order valence-corrected chi connectivity index (χ0v) is 22.4. The Kier molecular flexibility index (Phi) is 5.68. The van der Waals surface area contributed by atoms with Crippen molar-refractivity contribution >= 4 is 22.7 Å². The number of aromatic nitrogens is 5. The van der Waals surface area contributed by atoms with Gasteiger partial charge in [-0.25, -0.2) is 19.3 Å². The molecule has 2 aliphatic carbocycles. The van der Waals surface area contributed by atoms with Crippen LogP contribution < -0.4 is 16.2 Å². The van der Waals surface area contributed by atoms with Crippen LogP contribution in [0.4, 0.5) is 24.8 Å². The molecule has 1 saturated carbocycles. The highest BCUT2D eigenvalue weighted by molar-refractivity contribution is 5.77. The second-order valence-electron chi connectivity index (χ2n) is 11.0. The van der Waals surface area contributed by atoms with Gasteiger partial charge in [-0.15, -0.1) is 6.58 Å². The number of benzene rings is 1. The summed E-state index contributed by atoms with van der Waals surface area (Å²) in [5.41, 5.74) is 1.19. The molecular formula is C29H28F3N7O2. The maximum absolute atomic E-state index is 14.2. The van der Waals surface area contributed by atoms with E-state index in [9.17, 15) is 18.0 Å². The average molecular weight is 564 g/mol. The molecule has 4 aromatic rings. The van der Waals surface area contributed by atoms with Gasteiger partial charge >= 0.3 is 6.18 Å². The molecule has 1 atom stereocenters. The highest BCUT2D eigenvalue weighted by atomic mass is 19.4. The van der Waals surface area contributed by atoms with Crippen LogP contribution in [0.1, 0.15) is 41.6 Å². The minimum atomic E-state index is -4.67. The third kappa shape index (κ3) is 3.84. The summed E-state index contributed by atoms with van der Waals surface area (Å²) in [7, 11) is 1.04. The second-order valence-corrected chi connectivity index (χ2v) is 11.0. The fraction of sp³-hybridized carbons (Fsp3) is 0.379. The molecule has 7 rings (SSSR count). The summed E-state index contributed by atoms with van der Waals surface area (Å²) in [5, 5.41) is 6.94. The van der Waals surface area contributed by atoms with Gasteiger partial charge in [-0.3, -0.25) is 4.79 Å². The Morgan fingerprint density at radius 2 is 2.00 bits per heavy atom. The minimum absolute atomic E-state index is 0.0883. The van der Waals surface area contributed by atoms with Crippen LogP contribution in [0.2, 0.25) is 0 Å². The first kappa shape index (κ1) is 25.9. The molecule has 4 heterocycles. The third-order valence-electron chi connectivity index (χ3n) is 8.66. The molecule has 212 valence electrons. The van der Waals surface area contributed by atoms with Crippen LogP contribution in [0.5, 0.6) is 0 Å². The van der Waals surface area contributed by atoms with Gasteiger partial charge in [0.15, 0.2) is 11.5 Å². The molecule has 3 aromatic heterocycles. The van der Waals surface area contributed by atoms with Crippen molar-refractivity contribution in [2.75, 3.05) is 19.0 Å². The molecule has 3 aliphatic rings. The number of alkyl halides is 3. The van der Waals surface area contributed by atoms with Crippen molar-refractivity contribution in [2.45, 2.75) is 56.0 Å². The largest absolute Gasteiger partial charge is 0.423 e. The summed E-state index contributed by atoms with van der Waals surface area (Å²) < 4.78 is 50.5. The first-order valence-electron chi connectivity index (χ1n) is 13.5. The van der Waals surface area contributed by atoms with E-state index in [1.165, 1.54) is 45.6 Å². The molecule has 0 amide bonds. The number of nitrogens with one attached hydrogen (secondary N) is 2. The Bertz CT molecular complexity index is 1770. The first-order valence-corrected chi connectivity index (χ1v) is 13.5. The van der Waals surface area contributed by atoms with Gasteiger partial charge in [-0.2, -0.15) is 18.2 Å². The molecule has 1 aromatic carbocycles. The lowest BCUT2D eigenvalue weighted by atomic mass is 9.88. The van der Waals surface area contributed by atoms with Crippen LogP contribution >= 0.6 is 0 Å². The van der Waals surface area contributed by atoms with Gasteiger partial charge in [0.2, 0.25) is 11.5 Å². The Labute approximate surface area is 233 Å². The quantitative estimate of drug-likeness (QED) is 0.336. The molecule has 9 nitrogen and oxygen atoms in total. The normalized spacial score (nSPS) is 20.7. The monoisotopic (exact) mass is 563 g/mol. The molecule has 0 saturated heterocycles. The van der Waals surface area contributed by atoms with E-state index in [1.807, 2.05) is 6.07 Å². The van der Waals surface area contributed by atoms with E-state index in [0.717, 1.165) is 25.9 Å². The van der Waals surface area contributed by atoms with Crippen LogP contribution in [0.25, 0.3) is 16.9 Å². The fourth-order valence-electron chi connectivity index (χ4n) is 6.37. The van der Waals surface area contributed by atoms with Crippen molar-refractivity contribution < 1.29 is 17.9 Å². The number of ether oxygens (including phenoxy) is 1. The molecule has 2 N–H and O–H groups in total. The van der Waals surface area contributed by atoms with Gasteiger partial charge in [-0.05, 0) is 60.6 Å². The maximum Gasteiger partial charge on any atom is 0.423 e. The summed E-state index contributed by atoms with van der Waals surface area (Å²) in [6.07, 6.45) is 0.563. The van der Waals surface area contributed by atoms with Crippen LogP contribution in [-0.2, 0) is 35.3 Å². The molecule has 0 bridgehead atoms. The molecule has 41 heavy (non-hydrogen) atoms. The first-order chi connectivity index (χ1) is 19.7. The van der Waals surface area contributed by atoms with Gasteiger partial charge in [0, 0.05) is 37.5 Å². The van der Waals surface area contributed by atoms with Crippen molar-refractivity contribution in [3.05, 3.63) is 81.9 Å². The zero-order valence-electron chi connectivity index (χ0n) is 22.4. The Balaban J connectivity index is 1.33. The topological polar surface area (TPSA) is 98.9 Å². The standard InChI is InChI=1S/C29H28F3N7O2/c1-3-12-38-25(40)20-15-34-26(35-19-5-6-21-18(13-19)14-33-16-27(21)10-11-27)37-24(20)39(38)22-7-4-17-8-9-28(41-2,23(17)36-22)29(30,31)32/h3-7,13,15,33H,1,8-12,14,16H2,2H3,(H,34,35,37)/t28-/m1/s1. The van der Waals surface area contributed by atoms with Crippen LogP contribution in [-0.4, -0.2) is 44.1 Å². The molecule has 0 radical (unpaired) electrons. The number of methoxy groups -OCH3 is 1. The summed E-state index contributed by atoms with van der Waals surface area (Å²) in [6.45, 7) is 5.60. The molecular weight excluding hydrogens is 535 g/mol. The molecule has 1 spiro atoms. The summed E-state index contributed by atoms with van der Waals surface area (Å²) in [6, 6.07) is 9.43. The van der Waals surface area contributed by atoms with E-state index in [0.29, 0.717) is 5.56 Å². The summed E-state index contributed by atoms with van der Waals surface area (Å²) >= 11 is 0. The number of rotatable bonds is 6. The number of halogens is 3. The minimum Gasteiger partial charge on any atom is -0.363 e. The van der Waals surface area contributed by atoms with Gasteiger partial charge in [-0.1, -0.05) is 18.2 Å². The smallest absolute Gasteiger partial charge is 0.363 e.